The Morgan fingerprint density at radius 3 is 2.58 bits per heavy atom. The molecule has 8 heteroatoms. The van der Waals surface area contributed by atoms with Crippen LogP contribution in [0.1, 0.15) is 11.8 Å². The molecule has 3 aromatic rings. The average Bonchev–Trinajstić information content (AvgIpc) is 2.91. The van der Waals surface area contributed by atoms with Crippen LogP contribution in [0.25, 0.3) is 21.3 Å². The first-order valence-corrected chi connectivity index (χ1v) is 9.64. The van der Waals surface area contributed by atoms with E-state index in [0.29, 0.717) is 15.4 Å². The van der Waals surface area contributed by atoms with Gasteiger partial charge in [-0.05, 0) is 31.5 Å². The number of thioether (sulfide) groups is 1. The molecule has 0 spiro atoms. The molecule has 1 N–H and O–H groups in total. The lowest BCUT2D eigenvalue weighted by atomic mass is 10.0. The second-order valence-corrected chi connectivity index (χ2v) is 8.62. The Morgan fingerprint density at radius 2 is 1.96 bits per heavy atom. The number of thiophene rings is 1. The highest BCUT2D eigenvalue weighted by molar-refractivity contribution is 8.00. The number of carbonyl (C=O) groups excluding carboxylic acids is 1. The van der Waals surface area contributed by atoms with Crippen LogP contribution in [0.15, 0.2) is 34.2 Å². The zero-order chi connectivity index (χ0) is 19.0. The summed E-state index contributed by atoms with van der Waals surface area (Å²) in [5.74, 6) is -0.372. The molecule has 1 atom stereocenters. The zero-order valence-electron chi connectivity index (χ0n) is 14.8. The second kappa shape index (κ2) is 7.20. The number of benzene rings is 1. The van der Waals surface area contributed by atoms with Gasteiger partial charge in [0.2, 0.25) is 5.91 Å². The van der Waals surface area contributed by atoms with Gasteiger partial charge in [0.1, 0.15) is 10.6 Å². The van der Waals surface area contributed by atoms with Crippen LogP contribution in [0.3, 0.4) is 0 Å². The van der Waals surface area contributed by atoms with Crippen molar-refractivity contribution < 1.29 is 9.18 Å². The lowest BCUT2D eigenvalue weighted by Crippen LogP contribution is -2.30. The van der Waals surface area contributed by atoms with Crippen molar-refractivity contribution in [1.82, 2.24) is 14.9 Å². The van der Waals surface area contributed by atoms with Crippen molar-refractivity contribution in [2.45, 2.75) is 24.3 Å². The van der Waals surface area contributed by atoms with Gasteiger partial charge in [0.05, 0.1) is 10.6 Å². The number of nitrogens with zero attached hydrogens (tertiary/aromatic N) is 2. The third-order valence-electron chi connectivity index (χ3n) is 3.93. The summed E-state index contributed by atoms with van der Waals surface area (Å²) in [5, 5.41) is 0.551. The standard InChI is InChI=1S/C18H18FN3O2S2/c1-9-13(11-5-7-12(19)8-6-11)14-15(23)20-18(21-16(14)25-9)26-10(2)17(24)22(3)4/h5-8,10H,1-4H3,(H,20,21,23)/t10-/m1/s1. The first-order chi connectivity index (χ1) is 12.3. The maximum absolute atomic E-state index is 13.2. The number of hydrogen-bond donors (Lipinski definition) is 1. The molecule has 0 saturated carbocycles. The van der Waals surface area contributed by atoms with Crippen molar-refractivity contribution >= 4 is 39.2 Å². The number of aromatic amines is 1. The largest absolute Gasteiger partial charge is 0.348 e. The quantitative estimate of drug-likeness (QED) is 0.544. The minimum Gasteiger partial charge on any atom is -0.348 e. The van der Waals surface area contributed by atoms with E-state index in [1.165, 1.54) is 40.1 Å². The summed E-state index contributed by atoms with van der Waals surface area (Å²) in [7, 11) is 3.38. The lowest BCUT2D eigenvalue weighted by Gasteiger charge is -2.15. The summed E-state index contributed by atoms with van der Waals surface area (Å²) >= 11 is 2.64. The molecular weight excluding hydrogens is 373 g/mol. The molecule has 1 amide bonds. The first kappa shape index (κ1) is 18.6. The molecule has 0 unspecified atom stereocenters. The Bertz CT molecular complexity index is 1030. The molecule has 2 aromatic heterocycles. The Kier molecular flexibility index (Phi) is 5.15. The molecule has 136 valence electrons. The Hall–Kier alpha value is -2.19. The van der Waals surface area contributed by atoms with Gasteiger partial charge in [0, 0.05) is 24.5 Å². The van der Waals surface area contributed by atoms with Gasteiger partial charge in [-0.3, -0.25) is 9.59 Å². The van der Waals surface area contributed by atoms with Crippen molar-refractivity contribution in [3.8, 4) is 11.1 Å². The smallest absolute Gasteiger partial charge is 0.260 e. The molecule has 0 aliphatic carbocycles. The van der Waals surface area contributed by atoms with Gasteiger partial charge in [0.15, 0.2) is 5.16 Å². The highest BCUT2D eigenvalue weighted by Gasteiger charge is 2.20. The molecule has 0 saturated heterocycles. The topological polar surface area (TPSA) is 66.1 Å². The Morgan fingerprint density at radius 1 is 1.31 bits per heavy atom. The van der Waals surface area contributed by atoms with E-state index in [9.17, 15) is 14.0 Å². The summed E-state index contributed by atoms with van der Waals surface area (Å²) in [5.41, 5.74) is 1.29. The van der Waals surface area contributed by atoms with E-state index in [1.54, 1.807) is 33.2 Å². The van der Waals surface area contributed by atoms with Crippen molar-refractivity contribution in [3.05, 3.63) is 45.3 Å². The molecule has 0 radical (unpaired) electrons. The van der Waals surface area contributed by atoms with Gasteiger partial charge in [-0.1, -0.05) is 23.9 Å². The molecule has 0 aliphatic rings. The predicted molar refractivity (Wildman–Crippen MR) is 104 cm³/mol. The maximum Gasteiger partial charge on any atom is 0.260 e. The zero-order valence-corrected chi connectivity index (χ0v) is 16.4. The van der Waals surface area contributed by atoms with E-state index in [0.717, 1.165) is 16.0 Å². The average molecular weight is 391 g/mol. The normalized spacial score (nSPS) is 12.3. The molecule has 0 bridgehead atoms. The van der Waals surface area contributed by atoms with Crippen LogP contribution in [-0.2, 0) is 4.79 Å². The van der Waals surface area contributed by atoms with Crippen LogP contribution in [0.2, 0.25) is 0 Å². The van der Waals surface area contributed by atoms with Crippen LogP contribution in [0.5, 0.6) is 0 Å². The molecule has 2 heterocycles. The van der Waals surface area contributed by atoms with Crippen LogP contribution >= 0.6 is 23.1 Å². The number of H-pyrrole nitrogens is 1. The summed E-state index contributed by atoms with van der Waals surface area (Å²) in [4.78, 5) is 35.1. The maximum atomic E-state index is 13.2. The minimum atomic E-state index is -0.358. The van der Waals surface area contributed by atoms with E-state index in [-0.39, 0.29) is 22.5 Å². The fourth-order valence-corrected chi connectivity index (χ4v) is 4.75. The van der Waals surface area contributed by atoms with Crippen molar-refractivity contribution in [1.29, 1.82) is 0 Å². The van der Waals surface area contributed by atoms with E-state index in [4.69, 9.17) is 0 Å². The number of fused-ring (bicyclic) bond motifs is 1. The predicted octanol–water partition coefficient (Wildman–Crippen LogP) is 3.67. The van der Waals surface area contributed by atoms with Crippen LogP contribution in [-0.4, -0.2) is 40.1 Å². The van der Waals surface area contributed by atoms with Crippen molar-refractivity contribution in [3.63, 3.8) is 0 Å². The number of rotatable bonds is 4. The minimum absolute atomic E-state index is 0.0490. The van der Waals surface area contributed by atoms with Gasteiger partial charge in [-0.25, -0.2) is 9.37 Å². The summed E-state index contributed by atoms with van der Waals surface area (Å²) in [6, 6.07) is 6.06. The number of aromatic nitrogens is 2. The molecule has 0 aliphatic heterocycles. The third kappa shape index (κ3) is 3.52. The van der Waals surface area contributed by atoms with E-state index < -0.39 is 0 Å². The highest BCUT2D eigenvalue weighted by atomic mass is 32.2. The second-order valence-electron chi connectivity index (χ2n) is 6.08. The molecule has 3 rings (SSSR count). The number of halogens is 1. The summed E-state index contributed by atoms with van der Waals surface area (Å²) in [6.07, 6.45) is 0. The lowest BCUT2D eigenvalue weighted by molar-refractivity contribution is -0.127. The fraction of sp³-hybridized carbons (Fsp3) is 0.278. The van der Waals surface area contributed by atoms with Crippen molar-refractivity contribution in [2.24, 2.45) is 0 Å². The van der Waals surface area contributed by atoms with Gasteiger partial charge in [-0.15, -0.1) is 11.3 Å². The number of aryl methyl sites for hydroxylation is 1. The van der Waals surface area contributed by atoms with E-state index in [2.05, 4.69) is 9.97 Å². The first-order valence-electron chi connectivity index (χ1n) is 7.95. The number of carbonyl (C=O) groups is 1. The molecule has 5 nitrogen and oxygen atoms in total. The SMILES string of the molecule is Cc1sc2nc(S[C@H](C)C(=O)N(C)C)[nH]c(=O)c2c1-c1ccc(F)cc1. The van der Waals surface area contributed by atoms with Gasteiger partial charge >= 0.3 is 0 Å². The van der Waals surface area contributed by atoms with Crippen LogP contribution < -0.4 is 5.56 Å². The van der Waals surface area contributed by atoms with Gasteiger partial charge < -0.3 is 9.88 Å². The van der Waals surface area contributed by atoms with Crippen LogP contribution in [0, 0.1) is 12.7 Å². The molecular formula is C18H18FN3O2S2. The van der Waals surface area contributed by atoms with Crippen molar-refractivity contribution in [2.75, 3.05) is 14.1 Å². The number of hydrogen-bond acceptors (Lipinski definition) is 5. The summed E-state index contributed by atoms with van der Waals surface area (Å²) < 4.78 is 13.2. The highest BCUT2D eigenvalue weighted by Crippen LogP contribution is 2.36. The van der Waals surface area contributed by atoms with E-state index in [1.807, 2.05) is 6.92 Å². The Balaban J connectivity index is 2.05. The third-order valence-corrected chi connectivity index (χ3v) is 5.90. The molecule has 26 heavy (non-hydrogen) atoms. The molecule has 1 aromatic carbocycles. The fourth-order valence-electron chi connectivity index (χ4n) is 2.70. The van der Waals surface area contributed by atoms with Gasteiger partial charge in [-0.2, -0.15) is 0 Å². The molecule has 0 fully saturated rings. The van der Waals surface area contributed by atoms with Crippen LogP contribution in [0.4, 0.5) is 4.39 Å². The van der Waals surface area contributed by atoms with E-state index >= 15 is 0 Å². The summed E-state index contributed by atoms with van der Waals surface area (Å²) in [6.45, 7) is 3.69. The number of nitrogens with one attached hydrogen (secondary N) is 1. The number of amides is 1. The van der Waals surface area contributed by atoms with Gasteiger partial charge in [0.25, 0.3) is 5.56 Å². The monoisotopic (exact) mass is 391 g/mol. The Labute approximate surface area is 158 Å².